The maximum Gasteiger partial charge on any atom is 0.163 e. The largest absolute Gasteiger partial charge is 0.372 e. The van der Waals surface area contributed by atoms with Crippen LogP contribution in [0.25, 0.3) is 0 Å². The molecule has 2 aliphatic rings. The molecular formula is C26H23FN2O. The van der Waals surface area contributed by atoms with Crippen molar-refractivity contribution in [2.75, 3.05) is 10.6 Å². The van der Waals surface area contributed by atoms with E-state index in [0.29, 0.717) is 18.4 Å². The van der Waals surface area contributed by atoms with Gasteiger partial charge in [-0.05, 0) is 48.6 Å². The van der Waals surface area contributed by atoms with Gasteiger partial charge >= 0.3 is 0 Å². The van der Waals surface area contributed by atoms with Gasteiger partial charge in [-0.3, -0.25) is 4.79 Å². The van der Waals surface area contributed by atoms with Gasteiger partial charge in [-0.1, -0.05) is 60.2 Å². The maximum absolute atomic E-state index is 14.5. The minimum absolute atomic E-state index is 0.0582. The van der Waals surface area contributed by atoms with Gasteiger partial charge in [0.1, 0.15) is 5.82 Å². The van der Waals surface area contributed by atoms with Crippen LogP contribution in [-0.4, -0.2) is 5.78 Å². The third-order valence-corrected chi connectivity index (χ3v) is 6.06. The second kappa shape index (κ2) is 7.45. The smallest absolute Gasteiger partial charge is 0.163 e. The lowest BCUT2D eigenvalue weighted by Crippen LogP contribution is -2.27. The second-order valence-corrected chi connectivity index (χ2v) is 8.10. The molecule has 0 amide bonds. The van der Waals surface area contributed by atoms with Crippen molar-refractivity contribution in [2.45, 2.75) is 31.7 Å². The number of ketones is 1. The van der Waals surface area contributed by atoms with Crippen molar-refractivity contribution in [1.82, 2.24) is 0 Å². The molecule has 0 bridgehead atoms. The summed E-state index contributed by atoms with van der Waals surface area (Å²) in [5.74, 6) is -0.363. The van der Waals surface area contributed by atoms with Crippen molar-refractivity contribution in [3.8, 4) is 0 Å². The standard InChI is InChI=1S/C26H23FN2O/c1-16-10-12-17(13-11-16)26-25-23(28-21-8-4-5-9-22(21)29-26)14-18(15-24(25)30)19-6-2-3-7-20(19)27/h2-13,18,26,28-29H,14-15H2,1H3/t18-,26+/m1/s1. The number of hydrogen-bond acceptors (Lipinski definition) is 3. The number of benzene rings is 3. The highest BCUT2D eigenvalue weighted by atomic mass is 19.1. The number of aryl methyl sites for hydroxylation is 1. The van der Waals surface area contributed by atoms with Crippen LogP contribution in [0.15, 0.2) is 84.1 Å². The van der Waals surface area contributed by atoms with Crippen LogP contribution in [0.4, 0.5) is 15.8 Å². The average Bonchev–Trinajstić information content (AvgIpc) is 2.91. The van der Waals surface area contributed by atoms with E-state index in [-0.39, 0.29) is 23.6 Å². The quantitative estimate of drug-likeness (QED) is 0.547. The van der Waals surface area contributed by atoms with Crippen LogP contribution in [-0.2, 0) is 4.79 Å². The van der Waals surface area contributed by atoms with Gasteiger partial charge in [-0.2, -0.15) is 0 Å². The molecule has 0 unspecified atom stereocenters. The number of rotatable bonds is 2. The van der Waals surface area contributed by atoms with E-state index in [0.717, 1.165) is 28.2 Å². The lowest BCUT2D eigenvalue weighted by atomic mass is 9.78. The number of anilines is 2. The molecule has 0 saturated heterocycles. The molecule has 1 aliphatic carbocycles. The molecule has 2 atom stereocenters. The Kier molecular flexibility index (Phi) is 4.62. The Hall–Kier alpha value is -3.40. The fraction of sp³-hybridized carbons (Fsp3) is 0.192. The minimum atomic E-state index is -0.249. The second-order valence-electron chi connectivity index (χ2n) is 8.10. The SMILES string of the molecule is Cc1ccc([C@@H]2Nc3ccccc3NC3=C2C(=O)C[C@H](c2ccccc2F)C3)cc1. The first-order valence-corrected chi connectivity index (χ1v) is 10.3. The molecule has 0 radical (unpaired) electrons. The van der Waals surface area contributed by atoms with E-state index in [1.807, 2.05) is 30.3 Å². The van der Waals surface area contributed by atoms with Crippen molar-refractivity contribution in [3.05, 3.63) is 107 Å². The zero-order valence-electron chi connectivity index (χ0n) is 16.8. The van der Waals surface area contributed by atoms with E-state index in [4.69, 9.17) is 0 Å². The van der Waals surface area contributed by atoms with E-state index in [2.05, 4.69) is 41.8 Å². The molecule has 30 heavy (non-hydrogen) atoms. The third kappa shape index (κ3) is 3.28. The number of allylic oxidation sites excluding steroid dienone is 1. The fourth-order valence-electron chi connectivity index (χ4n) is 4.53. The van der Waals surface area contributed by atoms with Crippen molar-refractivity contribution in [2.24, 2.45) is 0 Å². The average molecular weight is 398 g/mol. The first kappa shape index (κ1) is 18.6. The summed E-state index contributed by atoms with van der Waals surface area (Å²) in [6.45, 7) is 2.05. The number of Topliss-reactive ketones (excluding diaryl/α,β-unsaturated/α-hetero) is 1. The maximum atomic E-state index is 14.5. The van der Waals surface area contributed by atoms with Crippen LogP contribution >= 0.6 is 0 Å². The molecule has 0 saturated carbocycles. The molecule has 0 fully saturated rings. The zero-order valence-corrected chi connectivity index (χ0v) is 16.8. The summed E-state index contributed by atoms with van der Waals surface area (Å²) in [5.41, 5.74) is 6.34. The van der Waals surface area contributed by atoms with Crippen molar-refractivity contribution < 1.29 is 9.18 Å². The summed E-state index contributed by atoms with van der Waals surface area (Å²) in [6, 6.07) is 22.8. The number of nitrogens with one attached hydrogen (secondary N) is 2. The van der Waals surface area contributed by atoms with E-state index >= 15 is 0 Å². The van der Waals surface area contributed by atoms with Crippen molar-refractivity contribution in [1.29, 1.82) is 0 Å². The molecule has 3 aromatic carbocycles. The van der Waals surface area contributed by atoms with Crippen LogP contribution in [0.5, 0.6) is 0 Å². The summed E-state index contributed by atoms with van der Waals surface area (Å²) in [7, 11) is 0. The van der Waals surface area contributed by atoms with Gasteiger partial charge in [0.2, 0.25) is 0 Å². The first-order valence-electron chi connectivity index (χ1n) is 10.3. The molecule has 0 aromatic heterocycles. The van der Waals surface area contributed by atoms with Crippen LogP contribution in [0.1, 0.15) is 41.5 Å². The fourth-order valence-corrected chi connectivity index (χ4v) is 4.53. The lowest BCUT2D eigenvalue weighted by Gasteiger charge is -2.30. The molecule has 3 aromatic rings. The van der Waals surface area contributed by atoms with Crippen LogP contribution in [0.3, 0.4) is 0 Å². The van der Waals surface area contributed by atoms with E-state index in [1.165, 1.54) is 11.6 Å². The number of fused-ring (bicyclic) bond motifs is 1. The van der Waals surface area contributed by atoms with Gasteiger partial charge in [0.25, 0.3) is 0 Å². The molecule has 150 valence electrons. The summed E-state index contributed by atoms with van der Waals surface area (Å²) in [5, 5.41) is 7.07. The number of carbonyl (C=O) groups is 1. The normalized spacial score (nSPS) is 20.5. The number of carbonyl (C=O) groups excluding carboxylic acids is 1. The molecule has 2 N–H and O–H groups in total. The number of hydrogen-bond donors (Lipinski definition) is 2. The van der Waals surface area contributed by atoms with Gasteiger partial charge in [0, 0.05) is 17.7 Å². The van der Waals surface area contributed by atoms with Gasteiger partial charge < -0.3 is 10.6 Å². The van der Waals surface area contributed by atoms with Gasteiger partial charge in [0.15, 0.2) is 5.78 Å². The van der Waals surface area contributed by atoms with Crippen molar-refractivity contribution in [3.63, 3.8) is 0 Å². The van der Waals surface area contributed by atoms with Gasteiger partial charge in [-0.15, -0.1) is 0 Å². The summed E-state index contributed by atoms with van der Waals surface area (Å²) in [6.07, 6.45) is 0.905. The highest BCUT2D eigenvalue weighted by Crippen LogP contribution is 2.44. The first-order chi connectivity index (χ1) is 14.6. The predicted molar refractivity (Wildman–Crippen MR) is 118 cm³/mol. The minimum Gasteiger partial charge on any atom is -0.372 e. The zero-order chi connectivity index (χ0) is 20.7. The van der Waals surface area contributed by atoms with E-state index in [1.54, 1.807) is 12.1 Å². The van der Waals surface area contributed by atoms with Gasteiger partial charge in [-0.25, -0.2) is 4.39 Å². The molecule has 0 spiro atoms. The molecule has 3 nitrogen and oxygen atoms in total. The predicted octanol–water partition coefficient (Wildman–Crippen LogP) is 6.11. The van der Waals surface area contributed by atoms with Crippen LogP contribution in [0, 0.1) is 12.7 Å². The van der Waals surface area contributed by atoms with E-state index in [9.17, 15) is 9.18 Å². The Bertz CT molecular complexity index is 1150. The Labute approximate surface area is 175 Å². The lowest BCUT2D eigenvalue weighted by molar-refractivity contribution is -0.116. The van der Waals surface area contributed by atoms with Gasteiger partial charge in [0.05, 0.1) is 17.4 Å². The Morgan fingerprint density at radius 2 is 1.57 bits per heavy atom. The van der Waals surface area contributed by atoms with Crippen LogP contribution < -0.4 is 10.6 Å². The Morgan fingerprint density at radius 1 is 0.867 bits per heavy atom. The molecule has 5 rings (SSSR count). The summed E-state index contributed by atoms with van der Waals surface area (Å²) < 4.78 is 14.5. The number of halogens is 1. The molecule has 1 aliphatic heterocycles. The number of para-hydroxylation sites is 2. The van der Waals surface area contributed by atoms with Crippen LogP contribution in [0.2, 0.25) is 0 Å². The Morgan fingerprint density at radius 3 is 2.33 bits per heavy atom. The highest BCUT2D eigenvalue weighted by molar-refractivity contribution is 6.01. The summed E-state index contributed by atoms with van der Waals surface area (Å²) in [4.78, 5) is 13.4. The van der Waals surface area contributed by atoms with E-state index < -0.39 is 0 Å². The molecule has 4 heteroatoms. The Balaban J connectivity index is 1.62. The summed E-state index contributed by atoms with van der Waals surface area (Å²) >= 11 is 0. The topological polar surface area (TPSA) is 41.1 Å². The molecular weight excluding hydrogens is 375 g/mol. The highest BCUT2D eigenvalue weighted by Gasteiger charge is 2.36. The third-order valence-electron chi connectivity index (χ3n) is 6.06. The molecule has 1 heterocycles. The monoisotopic (exact) mass is 398 g/mol. The van der Waals surface area contributed by atoms with Crippen molar-refractivity contribution >= 4 is 17.2 Å².